The zero-order valence-corrected chi connectivity index (χ0v) is 38.4. The summed E-state index contributed by atoms with van der Waals surface area (Å²) in [7, 11) is 0. The van der Waals surface area contributed by atoms with E-state index in [1.54, 1.807) is 0 Å². The second-order valence-electron chi connectivity index (χ2n) is 17.9. The fourth-order valence-electron chi connectivity index (χ4n) is 10.1. The third kappa shape index (κ3) is 6.26. The van der Waals surface area contributed by atoms with Crippen molar-refractivity contribution < 1.29 is 0 Å². The van der Waals surface area contributed by atoms with Crippen molar-refractivity contribution in [1.82, 2.24) is 0 Å². The maximum absolute atomic E-state index is 3.67. The highest BCUT2D eigenvalue weighted by Crippen LogP contribution is 2.59. The molecule has 0 aromatic heterocycles. The lowest BCUT2D eigenvalue weighted by Gasteiger charge is -2.29. The van der Waals surface area contributed by atoms with Crippen LogP contribution in [-0.4, -0.2) is 0 Å². The van der Waals surface area contributed by atoms with Gasteiger partial charge in [0.2, 0.25) is 0 Å². The third-order valence-corrected chi connectivity index (χ3v) is 13.7. The fraction of sp³-hybridized carbons (Fsp3) is 0.222. The highest BCUT2D eigenvalue weighted by molar-refractivity contribution is 9.10. The maximum Gasteiger partial charge on any atom is 0.0467 e. The summed E-state index contributed by atoms with van der Waals surface area (Å²) in [5, 5.41) is 0. The first-order chi connectivity index (χ1) is 27.5. The molecule has 0 radical (unpaired) electrons. The van der Waals surface area contributed by atoms with Gasteiger partial charge in [-0.15, -0.1) is 0 Å². The minimum absolute atomic E-state index is 0.198. The Morgan fingerprint density at radius 2 is 0.655 bits per heavy atom. The Balaban J connectivity index is 1.19. The van der Waals surface area contributed by atoms with Crippen molar-refractivity contribution in [3.63, 3.8) is 0 Å². The molecule has 9 rings (SSSR count). The molecule has 0 saturated carbocycles. The molecule has 0 bridgehead atoms. The molecular weight excluding hydrogens is 836 g/mol. The summed E-state index contributed by atoms with van der Waals surface area (Å²) in [6.45, 7) is 23.1. The molecule has 290 valence electrons. The first kappa shape index (κ1) is 38.6. The number of rotatable bonds is 6. The minimum Gasteiger partial charge on any atom is -0.310 e. The SMILES string of the molecule is Cc1cc(C)cc(N(c2ccc(Br)cc2)c2cc(C)c3c(c2)C(C)(C)c2cc4c(cc2-3)C(C)(C)c2cc(N(c3ccc(Br)cc3)c3cc(C)cc(C)c3)cc(C)c2-4)c1. The van der Waals surface area contributed by atoms with Crippen LogP contribution in [0, 0.1) is 41.5 Å². The van der Waals surface area contributed by atoms with Crippen LogP contribution < -0.4 is 9.80 Å². The van der Waals surface area contributed by atoms with Gasteiger partial charge in [0.15, 0.2) is 0 Å². The number of anilines is 6. The first-order valence-electron chi connectivity index (χ1n) is 20.3. The fourth-order valence-corrected chi connectivity index (χ4v) is 10.6. The number of hydrogen-bond donors (Lipinski definition) is 0. The number of hydrogen-bond acceptors (Lipinski definition) is 2. The van der Waals surface area contributed by atoms with Crippen molar-refractivity contribution in [3.8, 4) is 22.3 Å². The Kier molecular flexibility index (Phi) is 9.22. The number of halogens is 2. The second-order valence-corrected chi connectivity index (χ2v) is 19.7. The average molecular weight is 887 g/mol. The van der Waals surface area contributed by atoms with E-state index in [0.717, 1.165) is 20.3 Å². The highest BCUT2D eigenvalue weighted by atomic mass is 79.9. The zero-order valence-electron chi connectivity index (χ0n) is 35.2. The second kappa shape index (κ2) is 13.9. The Labute approximate surface area is 361 Å². The van der Waals surface area contributed by atoms with Crippen LogP contribution in [0.4, 0.5) is 34.1 Å². The topological polar surface area (TPSA) is 6.48 Å². The van der Waals surface area contributed by atoms with E-state index >= 15 is 0 Å². The molecule has 0 aliphatic heterocycles. The van der Waals surface area contributed by atoms with Gasteiger partial charge in [-0.05, 0) is 229 Å². The molecule has 2 nitrogen and oxygen atoms in total. The number of fused-ring (bicyclic) bond motifs is 6. The predicted molar refractivity (Wildman–Crippen MR) is 255 cm³/mol. The van der Waals surface area contributed by atoms with E-state index in [9.17, 15) is 0 Å². The van der Waals surface area contributed by atoms with Crippen LogP contribution in [0.1, 0.15) is 83.3 Å². The van der Waals surface area contributed by atoms with E-state index in [1.807, 2.05) is 0 Å². The van der Waals surface area contributed by atoms with Gasteiger partial charge in [0, 0.05) is 53.9 Å². The summed E-state index contributed by atoms with van der Waals surface area (Å²) in [6, 6.07) is 45.9. The van der Waals surface area contributed by atoms with Crippen molar-refractivity contribution in [2.45, 2.75) is 80.1 Å². The number of aryl methyl sites for hydroxylation is 6. The van der Waals surface area contributed by atoms with Gasteiger partial charge in [0.25, 0.3) is 0 Å². The van der Waals surface area contributed by atoms with Crippen LogP contribution in [0.3, 0.4) is 0 Å². The number of nitrogens with zero attached hydrogens (tertiary/aromatic N) is 2. The molecule has 2 aliphatic carbocycles. The Hall–Kier alpha value is -4.90. The largest absolute Gasteiger partial charge is 0.310 e. The lowest BCUT2D eigenvalue weighted by Crippen LogP contribution is -2.18. The van der Waals surface area contributed by atoms with E-state index in [-0.39, 0.29) is 10.8 Å². The maximum atomic E-state index is 3.67. The van der Waals surface area contributed by atoms with Gasteiger partial charge in [0.05, 0.1) is 0 Å². The molecule has 0 N–H and O–H groups in total. The van der Waals surface area contributed by atoms with E-state index in [4.69, 9.17) is 0 Å². The van der Waals surface area contributed by atoms with Crippen LogP contribution >= 0.6 is 31.9 Å². The van der Waals surface area contributed by atoms with Crippen LogP contribution in [0.2, 0.25) is 0 Å². The molecule has 0 spiro atoms. The van der Waals surface area contributed by atoms with Crippen molar-refractivity contribution in [3.05, 3.63) is 186 Å². The van der Waals surface area contributed by atoms with E-state index in [2.05, 4.69) is 232 Å². The molecule has 0 atom stereocenters. The molecule has 0 saturated heterocycles. The highest BCUT2D eigenvalue weighted by Gasteiger charge is 2.43. The monoisotopic (exact) mass is 884 g/mol. The van der Waals surface area contributed by atoms with Crippen LogP contribution in [-0.2, 0) is 10.8 Å². The van der Waals surface area contributed by atoms with Gasteiger partial charge >= 0.3 is 0 Å². The zero-order chi connectivity index (χ0) is 41.0. The predicted octanol–water partition coefficient (Wildman–Crippen LogP) is 16.6. The van der Waals surface area contributed by atoms with E-state index < -0.39 is 0 Å². The van der Waals surface area contributed by atoms with Gasteiger partial charge in [-0.25, -0.2) is 0 Å². The number of benzene rings is 7. The van der Waals surface area contributed by atoms with Gasteiger partial charge in [-0.3, -0.25) is 0 Å². The quantitative estimate of drug-likeness (QED) is 0.164. The standard InChI is InChI=1S/C54H50Br2N2/c1-31-19-32(2)22-41(21-31)57(39-15-11-37(55)12-16-39)43-25-35(5)51-45-29-48-46(30-47(45)53(7,8)49(51)27-43)52-36(6)26-44(28-50(52)54(48,9)10)58(40-17-13-38(56)14-18-40)42-23-33(3)20-34(4)24-42/h11-30H,1-10H3. The molecule has 7 aromatic rings. The first-order valence-corrected chi connectivity index (χ1v) is 21.9. The summed E-state index contributed by atoms with van der Waals surface area (Å²) < 4.78 is 2.15. The molecule has 4 heteroatoms. The van der Waals surface area contributed by atoms with Crippen molar-refractivity contribution in [2.75, 3.05) is 9.80 Å². The summed E-state index contributed by atoms with van der Waals surface area (Å²) in [5.74, 6) is 0. The lowest BCUT2D eigenvalue weighted by atomic mass is 9.79. The summed E-state index contributed by atoms with van der Waals surface area (Å²) >= 11 is 7.34. The Bertz CT molecular complexity index is 2570. The molecular formula is C54H50Br2N2. The Morgan fingerprint density at radius 3 is 0.983 bits per heavy atom. The van der Waals surface area contributed by atoms with Gasteiger partial charge in [-0.2, -0.15) is 0 Å². The van der Waals surface area contributed by atoms with Crippen molar-refractivity contribution in [2.24, 2.45) is 0 Å². The summed E-state index contributed by atoms with van der Waals surface area (Å²) in [4.78, 5) is 4.85. The van der Waals surface area contributed by atoms with E-state index in [0.29, 0.717) is 0 Å². The van der Waals surface area contributed by atoms with Crippen LogP contribution in [0.25, 0.3) is 22.3 Å². The molecule has 0 amide bonds. The normalized spacial score (nSPS) is 14.1. The average Bonchev–Trinajstić information content (AvgIpc) is 3.51. The summed E-state index contributed by atoms with van der Waals surface area (Å²) in [5.41, 5.74) is 25.3. The summed E-state index contributed by atoms with van der Waals surface area (Å²) in [6.07, 6.45) is 0. The molecule has 0 unspecified atom stereocenters. The van der Waals surface area contributed by atoms with E-state index in [1.165, 1.54) is 101 Å². The molecule has 0 heterocycles. The van der Waals surface area contributed by atoms with Gasteiger partial charge < -0.3 is 9.80 Å². The molecule has 2 aliphatic rings. The van der Waals surface area contributed by atoms with Crippen molar-refractivity contribution in [1.29, 1.82) is 0 Å². The molecule has 7 aromatic carbocycles. The smallest absolute Gasteiger partial charge is 0.0467 e. The third-order valence-electron chi connectivity index (χ3n) is 12.6. The molecule has 0 fully saturated rings. The molecule has 58 heavy (non-hydrogen) atoms. The Morgan fingerprint density at radius 1 is 0.345 bits per heavy atom. The van der Waals surface area contributed by atoms with Crippen LogP contribution in [0.15, 0.2) is 130 Å². The van der Waals surface area contributed by atoms with Crippen LogP contribution in [0.5, 0.6) is 0 Å². The van der Waals surface area contributed by atoms with Gasteiger partial charge in [0.1, 0.15) is 0 Å². The lowest BCUT2D eigenvalue weighted by molar-refractivity contribution is 0.652. The minimum atomic E-state index is -0.198. The van der Waals surface area contributed by atoms with Crippen molar-refractivity contribution >= 4 is 66.0 Å². The van der Waals surface area contributed by atoms with Gasteiger partial charge in [-0.1, -0.05) is 71.7 Å².